The third-order valence-corrected chi connectivity index (χ3v) is 4.23. The van der Waals surface area contributed by atoms with Gasteiger partial charge in [-0.2, -0.15) is 0 Å². The maximum atomic E-state index is 11.1. The van der Waals surface area contributed by atoms with E-state index < -0.39 is 0 Å². The van der Waals surface area contributed by atoms with Gasteiger partial charge in [-0.1, -0.05) is 6.92 Å². The summed E-state index contributed by atoms with van der Waals surface area (Å²) < 4.78 is 0. The Bertz CT molecular complexity index is 689. The summed E-state index contributed by atoms with van der Waals surface area (Å²) in [6.45, 7) is 3.43. The fraction of sp³-hybridized carbons (Fsp3) is 0.400. The smallest absolute Gasteiger partial charge is 0.278 e. The molecular formula is C15H17N3O3. The number of hydrogen-bond acceptors (Lipinski definition) is 5. The molecule has 21 heavy (non-hydrogen) atoms. The van der Waals surface area contributed by atoms with Crippen molar-refractivity contribution in [2.45, 2.75) is 19.4 Å². The van der Waals surface area contributed by atoms with Crippen molar-refractivity contribution in [3.8, 4) is 0 Å². The molecule has 2 aromatic rings. The zero-order valence-corrected chi connectivity index (χ0v) is 11.8. The average Bonchev–Trinajstić information content (AvgIpc) is 2.49. The van der Waals surface area contributed by atoms with E-state index in [1.165, 1.54) is 12.3 Å². The van der Waals surface area contributed by atoms with Crippen molar-refractivity contribution in [1.29, 1.82) is 0 Å². The summed E-state index contributed by atoms with van der Waals surface area (Å²) >= 11 is 0. The Morgan fingerprint density at radius 3 is 2.90 bits per heavy atom. The van der Waals surface area contributed by atoms with Gasteiger partial charge >= 0.3 is 0 Å². The van der Waals surface area contributed by atoms with Crippen LogP contribution in [0.1, 0.15) is 13.3 Å². The molecule has 6 heteroatoms. The SMILES string of the molecule is CC1CCN(c2ccc([N+](=O)[O-])c3cnccc23)CC1O. The molecule has 0 aliphatic carbocycles. The molecule has 2 heterocycles. The second-order valence-electron chi connectivity index (χ2n) is 5.56. The molecule has 1 aromatic heterocycles. The maximum absolute atomic E-state index is 11.1. The highest BCUT2D eigenvalue weighted by Gasteiger charge is 2.26. The fourth-order valence-corrected chi connectivity index (χ4v) is 2.86. The molecule has 1 N–H and O–H groups in total. The predicted octanol–water partition coefficient (Wildman–Crippen LogP) is 2.35. The Morgan fingerprint density at radius 1 is 1.38 bits per heavy atom. The van der Waals surface area contributed by atoms with Gasteiger partial charge in [-0.05, 0) is 24.5 Å². The van der Waals surface area contributed by atoms with Crippen LogP contribution in [0.15, 0.2) is 30.6 Å². The number of β-amino-alcohol motifs (C(OH)–C–C–N with tert-alkyl or cyclic N) is 1. The van der Waals surface area contributed by atoms with Crippen molar-refractivity contribution < 1.29 is 10.0 Å². The Kier molecular flexibility index (Phi) is 3.47. The van der Waals surface area contributed by atoms with Gasteiger partial charge in [0.25, 0.3) is 5.69 Å². The van der Waals surface area contributed by atoms with Crippen LogP contribution < -0.4 is 4.90 Å². The van der Waals surface area contributed by atoms with Crippen LogP contribution >= 0.6 is 0 Å². The zero-order valence-electron chi connectivity index (χ0n) is 11.8. The highest BCUT2D eigenvalue weighted by molar-refractivity contribution is 5.99. The number of aromatic nitrogens is 1. The number of hydrogen-bond donors (Lipinski definition) is 1. The number of piperidine rings is 1. The number of nitro benzene ring substituents is 1. The zero-order chi connectivity index (χ0) is 15.0. The van der Waals surface area contributed by atoms with Crippen molar-refractivity contribution in [1.82, 2.24) is 4.98 Å². The molecule has 1 aromatic carbocycles. The number of pyridine rings is 1. The van der Waals surface area contributed by atoms with Crippen molar-refractivity contribution in [3.05, 3.63) is 40.7 Å². The lowest BCUT2D eigenvalue weighted by molar-refractivity contribution is -0.383. The van der Waals surface area contributed by atoms with Crippen LogP contribution in [-0.4, -0.2) is 34.2 Å². The molecule has 0 radical (unpaired) electrons. The summed E-state index contributed by atoms with van der Waals surface area (Å²) in [6.07, 6.45) is 3.70. The monoisotopic (exact) mass is 287 g/mol. The van der Waals surface area contributed by atoms with E-state index in [0.717, 1.165) is 24.0 Å². The number of aliphatic hydroxyl groups is 1. The lowest BCUT2D eigenvalue weighted by Crippen LogP contribution is -2.43. The molecule has 3 rings (SSSR count). The molecule has 110 valence electrons. The number of fused-ring (bicyclic) bond motifs is 1. The normalized spacial score (nSPS) is 22.5. The summed E-state index contributed by atoms with van der Waals surface area (Å²) in [7, 11) is 0. The molecule has 2 atom stereocenters. The third-order valence-electron chi connectivity index (χ3n) is 4.23. The molecule has 1 aliphatic rings. The van der Waals surface area contributed by atoms with E-state index in [2.05, 4.69) is 9.88 Å². The largest absolute Gasteiger partial charge is 0.391 e. The third kappa shape index (κ3) is 2.42. The molecule has 6 nitrogen and oxygen atoms in total. The minimum Gasteiger partial charge on any atom is -0.391 e. The minimum absolute atomic E-state index is 0.0628. The van der Waals surface area contributed by atoms with Gasteiger partial charge < -0.3 is 10.0 Å². The topological polar surface area (TPSA) is 79.5 Å². The Balaban J connectivity index is 2.08. The van der Waals surface area contributed by atoms with E-state index in [4.69, 9.17) is 0 Å². The second kappa shape index (κ2) is 5.29. The van der Waals surface area contributed by atoms with Gasteiger partial charge in [-0.15, -0.1) is 0 Å². The summed E-state index contributed by atoms with van der Waals surface area (Å²) in [4.78, 5) is 16.8. The minimum atomic E-state index is -0.388. The standard InChI is InChI=1S/C15H17N3O3/c1-10-5-7-17(9-15(10)19)13-2-3-14(18(20)21)12-8-16-6-4-11(12)13/h2-4,6,8,10,15,19H,5,7,9H2,1H3. The predicted molar refractivity (Wildman–Crippen MR) is 80.4 cm³/mol. The van der Waals surface area contributed by atoms with Gasteiger partial charge in [-0.25, -0.2) is 0 Å². The number of benzene rings is 1. The number of aliphatic hydroxyl groups excluding tert-OH is 1. The lowest BCUT2D eigenvalue weighted by Gasteiger charge is -2.36. The molecular weight excluding hydrogens is 270 g/mol. The number of rotatable bonds is 2. The van der Waals surface area contributed by atoms with Crippen LogP contribution in [0, 0.1) is 16.0 Å². The summed E-state index contributed by atoms with van der Waals surface area (Å²) in [5, 5.41) is 22.5. The van der Waals surface area contributed by atoms with Crippen LogP contribution in [0.4, 0.5) is 11.4 Å². The van der Waals surface area contributed by atoms with Gasteiger partial charge in [0.2, 0.25) is 0 Å². The maximum Gasteiger partial charge on any atom is 0.278 e. The molecule has 0 amide bonds. The summed E-state index contributed by atoms with van der Waals surface area (Å²) in [5.74, 6) is 0.284. The molecule has 0 saturated carbocycles. The van der Waals surface area contributed by atoms with Gasteiger partial charge in [0, 0.05) is 42.6 Å². The first-order chi connectivity index (χ1) is 10.1. The van der Waals surface area contributed by atoms with Crippen LogP contribution in [0.2, 0.25) is 0 Å². The van der Waals surface area contributed by atoms with Crippen molar-refractivity contribution >= 4 is 22.1 Å². The number of anilines is 1. The van der Waals surface area contributed by atoms with E-state index in [0.29, 0.717) is 11.9 Å². The molecule has 2 unspecified atom stereocenters. The lowest BCUT2D eigenvalue weighted by atomic mass is 9.95. The van der Waals surface area contributed by atoms with Crippen LogP contribution in [-0.2, 0) is 0 Å². The first kappa shape index (κ1) is 13.8. The first-order valence-electron chi connectivity index (χ1n) is 7.02. The van der Waals surface area contributed by atoms with E-state index in [1.54, 1.807) is 18.3 Å². The molecule has 0 bridgehead atoms. The molecule has 1 fully saturated rings. The van der Waals surface area contributed by atoms with Gasteiger partial charge in [-0.3, -0.25) is 15.1 Å². The first-order valence-corrected chi connectivity index (χ1v) is 7.02. The number of non-ortho nitro benzene ring substituents is 1. The van der Waals surface area contributed by atoms with E-state index in [1.807, 2.05) is 6.92 Å². The van der Waals surface area contributed by atoms with E-state index >= 15 is 0 Å². The Hall–Kier alpha value is -2.21. The Morgan fingerprint density at radius 2 is 2.19 bits per heavy atom. The van der Waals surface area contributed by atoms with Crippen LogP contribution in [0.5, 0.6) is 0 Å². The van der Waals surface area contributed by atoms with Crippen molar-refractivity contribution in [3.63, 3.8) is 0 Å². The van der Waals surface area contributed by atoms with Gasteiger partial charge in [0.1, 0.15) is 0 Å². The van der Waals surface area contributed by atoms with Crippen molar-refractivity contribution in [2.24, 2.45) is 5.92 Å². The summed E-state index contributed by atoms with van der Waals surface area (Å²) in [6, 6.07) is 5.08. The molecule has 0 spiro atoms. The van der Waals surface area contributed by atoms with E-state index in [9.17, 15) is 15.2 Å². The molecule has 1 saturated heterocycles. The number of nitrogens with zero attached hydrogens (tertiary/aromatic N) is 3. The van der Waals surface area contributed by atoms with Crippen LogP contribution in [0.3, 0.4) is 0 Å². The van der Waals surface area contributed by atoms with Crippen molar-refractivity contribution in [2.75, 3.05) is 18.0 Å². The van der Waals surface area contributed by atoms with Crippen LogP contribution in [0.25, 0.3) is 10.8 Å². The van der Waals surface area contributed by atoms with Gasteiger partial charge in [0.05, 0.1) is 16.4 Å². The Labute approximate surface area is 122 Å². The highest BCUT2D eigenvalue weighted by Crippen LogP contribution is 2.34. The average molecular weight is 287 g/mol. The second-order valence-corrected chi connectivity index (χ2v) is 5.56. The molecule has 1 aliphatic heterocycles. The van der Waals surface area contributed by atoms with E-state index in [-0.39, 0.29) is 22.6 Å². The highest BCUT2D eigenvalue weighted by atomic mass is 16.6. The fourth-order valence-electron chi connectivity index (χ4n) is 2.86. The van der Waals surface area contributed by atoms with Gasteiger partial charge in [0.15, 0.2) is 0 Å². The summed E-state index contributed by atoms with van der Waals surface area (Å²) in [5.41, 5.74) is 0.983. The quantitative estimate of drug-likeness (QED) is 0.677. The number of nitro groups is 1.